The van der Waals surface area contributed by atoms with E-state index in [1.54, 1.807) is 0 Å². The number of rotatable bonds is 5. The van der Waals surface area contributed by atoms with E-state index in [0.717, 1.165) is 28.8 Å². The molecule has 0 radical (unpaired) electrons. The Morgan fingerprint density at radius 2 is 2.00 bits per heavy atom. The predicted molar refractivity (Wildman–Crippen MR) is 75.4 cm³/mol. The van der Waals surface area contributed by atoms with E-state index < -0.39 is 28.1 Å². The summed E-state index contributed by atoms with van der Waals surface area (Å²) in [4.78, 5) is 36.5. The van der Waals surface area contributed by atoms with Crippen molar-refractivity contribution in [3.8, 4) is 0 Å². The molecule has 0 bridgehead atoms. The minimum Gasteiger partial charge on any atom is -0.395 e. The number of nitrogens with one attached hydrogen (secondary N) is 1. The van der Waals surface area contributed by atoms with Crippen LogP contribution in [-0.2, 0) is 9.59 Å². The Balaban J connectivity index is 2.06. The number of amides is 3. The highest BCUT2D eigenvalue weighted by atomic mass is 32.2. The molecule has 1 aliphatic rings. The highest BCUT2D eigenvalue weighted by Crippen LogP contribution is 2.33. The molecule has 3 amide bonds. The second-order valence-electron chi connectivity index (χ2n) is 4.30. The maximum Gasteiger partial charge on any atom is 0.293 e. The normalized spacial score (nSPS) is 18.2. The van der Waals surface area contributed by atoms with Crippen LogP contribution in [0.4, 0.5) is 14.9 Å². The number of carbonyl (C=O) groups is 3. The minimum absolute atomic E-state index is 0.0973. The molecular weight excluding hydrogens is 299 g/mol. The molecule has 1 unspecified atom stereocenters. The summed E-state index contributed by atoms with van der Waals surface area (Å²) in [5.41, 5.74) is 0.275. The molecule has 1 heterocycles. The average molecular weight is 312 g/mol. The van der Waals surface area contributed by atoms with Crippen molar-refractivity contribution in [1.82, 2.24) is 5.32 Å². The van der Waals surface area contributed by atoms with Gasteiger partial charge in [-0.3, -0.25) is 14.4 Å². The van der Waals surface area contributed by atoms with Crippen molar-refractivity contribution in [2.75, 3.05) is 18.1 Å². The van der Waals surface area contributed by atoms with Gasteiger partial charge >= 0.3 is 0 Å². The lowest BCUT2D eigenvalue weighted by atomic mass is 10.2. The van der Waals surface area contributed by atoms with Crippen molar-refractivity contribution < 1.29 is 23.9 Å². The van der Waals surface area contributed by atoms with Gasteiger partial charge in [-0.25, -0.2) is 9.29 Å². The van der Waals surface area contributed by atoms with Gasteiger partial charge < -0.3 is 10.4 Å². The van der Waals surface area contributed by atoms with E-state index in [-0.39, 0.29) is 25.3 Å². The molecule has 21 heavy (non-hydrogen) atoms. The lowest BCUT2D eigenvalue weighted by molar-refractivity contribution is -0.124. The summed E-state index contributed by atoms with van der Waals surface area (Å²) in [6.45, 7) is -0.0990. The molecule has 6 nitrogen and oxygen atoms in total. The number of hydrogen-bond donors (Lipinski definition) is 2. The van der Waals surface area contributed by atoms with Crippen molar-refractivity contribution in [2.24, 2.45) is 0 Å². The van der Waals surface area contributed by atoms with Gasteiger partial charge in [-0.05, 0) is 36.0 Å². The quantitative estimate of drug-likeness (QED) is 0.843. The van der Waals surface area contributed by atoms with Crippen LogP contribution in [-0.4, -0.2) is 40.6 Å². The Hall–Kier alpha value is -1.93. The Morgan fingerprint density at radius 1 is 1.33 bits per heavy atom. The highest BCUT2D eigenvalue weighted by molar-refractivity contribution is 8.15. The third-order valence-electron chi connectivity index (χ3n) is 2.81. The van der Waals surface area contributed by atoms with Crippen LogP contribution in [0, 0.1) is 5.82 Å². The van der Waals surface area contributed by atoms with Crippen LogP contribution in [0.1, 0.15) is 6.42 Å². The Kier molecular flexibility index (Phi) is 4.92. The first-order valence-electron chi connectivity index (χ1n) is 6.20. The first-order chi connectivity index (χ1) is 10.0. The van der Waals surface area contributed by atoms with Crippen molar-refractivity contribution in [3.63, 3.8) is 0 Å². The molecule has 1 aliphatic heterocycles. The Labute approximate surface area is 124 Å². The Morgan fingerprint density at radius 3 is 2.62 bits per heavy atom. The standard InChI is InChI=1S/C13H13FN2O4S/c14-8-1-3-9(4-2-8)16-12(19)10(21-13(16)20)7-11(18)15-5-6-17/h1-4,10,17H,5-7H2,(H,15,18). The number of halogens is 1. The first kappa shape index (κ1) is 15.5. The van der Waals surface area contributed by atoms with Crippen LogP contribution < -0.4 is 10.2 Å². The van der Waals surface area contributed by atoms with Crippen LogP contribution >= 0.6 is 11.8 Å². The van der Waals surface area contributed by atoms with Gasteiger partial charge in [0.15, 0.2) is 0 Å². The molecular formula is C13H13FN2O4S. The van der Waals surface area contributed by atoms with Crippen molar-refractivity contribution in [1.29, 1.82) is 0 Å². The van der Waals surface area contributed by atoms with Gasteiger partial charge in [0, 0.05) is 13.0 Å². The summed E-state index contributed by atoms with van der Waals surface area (Å²) in [7, 11) is 0. The molecule has 0 aromatic heterocycles. The van der Waals surface area contributed by atoms with Crippen LogP contribution in [0.3, 0.4) is 0 Å². The van der Waals surface area contributed by atoms with Crippen molar-refractivity contribution in [2.45, 2.75) is 11.7 Å². The van der Waals surface area contributed by atoms with E-state index in [4.69, 9.17) is 5.11 Å². The van der Waals surface area contributed by atoms with Gasteiger partial charge in [0.1, 0.15) is 11.1 Å². The van der Waals surface area contributed by atoms with E-state index in [0.29, 0.717) is 0 Å². The third-order valence-corrected chi connectivity index (χ3v) is 3.85. The molecule has 0 saturated carbocycles. The highest BCUT2D eigenvalue weighted by Gasteiger charge is 2.41. The summed E-state index contributed by atoms with van der Waals surface area (Å²) in [5, 5.41) is 9.73. The number of benzene rings is 1. The van der Waals surface area contributed by atoms with E-state index in [2.05, 4.69) is 5.32 Å². The predicted octanol–water partition coefficient (Wildman–Crippen LogP) is 0.893. The lowest BCUT2D eigenvalue weighted by Gasteiger charge is -2.13. The summed E-state index contributed by atoms with van der Waals surface area (Å²) in [6.07, 6.45) is -0.146. The largest absolute Gasteiger partial charge is 0.395 e. The molecule has 0 aliphatic carbocycles. The molecule has 112 valence electrons. The van der Waals surface area contributed by atoms with Crippen LogP contribution in [0.25, 0.3) is 0 Å². The first-order valence-corrected chi connectivity index (χ1v) is 7.08. The fourth-order valence-electron chi connectivity index (χ4n) is 1.85. The van der Waals surface area contributed by atoms with Crippen molar-refractivity contribution >= 4 is 34.5 Å². The number of aliphatic hydroxyl groups is 1. The molecule has 1 atom stereocenters. The average Bonchev–Trinajstić information content (AvgIpc) is 2.72. The van der Waals surface area contributed by atoms with Gasteiger partial charge in [0.25, 0.3) is 5.24 Å². The second-order valence-corrected chi connectivity index (χ2v) is 5.45. The number of thioether (sulfide) groups is 1. The Bertz CT molecular complexity index is 564. The number of hydrogen-bond acceptors (Lipinski definition) is 5. The summed E-state index contributed by atoms with van der Waals surface area (Å²) in [6, 6.07) is 4.98. The summed E-state index contributed by atoms with van der Waals surface area (Å²) >= 11 is 0.763. The van der Waals surface area contributed by atoms with Gasteiger partial charge in [-0.15, -0.1) is 0 Å². The molecule has 1 aromatic rings. The van der Waals surface area contributed by atoms with Crippen molar-refractivity contribution in [3.05, 3.63) is 30.1 Å². The second kappa shape index (κ2) is 6.68. The SMILES string of the molecule is O=C(CC1SC(=O)N(c2ccc(F)cc2)C1=O)NCCO. The number of imide groups is 1. The van der Waals surface area contributed by atoms with Gasteiger partial charge in [-0.1, -0.05) is 0 Å². The summed E-state index contributed by atoms with van der Waals surface area (Å²) in [5.74, 6) is -1.38. The van der Waals surface area contributed by atoms with E-state index in [9.17, 15) is 18.8 Å². The maximum absolute atomic E-state index is 12.9. The third kappa shape index (κ3) is 3.59. The lowest BCUT2D eigenvalue weighted by Crippen LogP contribution is -2.35. The molecule has 8 heteroatoms. The monoisotopic (exact) mass is 312 g/mol. The molecule has 1 aromatic carbocycles. The maximum atomic E-state index is 12.9. The van der Waals surface area contributed by atoms with Gasteiger partial charge in [0.05, 0.1) is 12.3 Å². The molecule has 1 fully saturated rings. The van der Waals surface area contributed by atoms with Crippen LogP contribution in [0.15, 0.2) is 24.3 Å². The fourth-order valence-corrected chi connectivity index (χ4v) is 2.83. The number of aliphatic hydroxyl groups excluding tert-OH is 1. The number of nitrogens with zero attached hydrogens (tertiary/aromatic N) is 1. The molecule has 0 spiro atoms. The number of carbonyl (C=O) groups excluding carboxylic acids is 3. The zero-order valence-corrected chi connectivity index (χ0v) is 11.7. The van der Waals surface area contributed by atoms with Gasteiger partial charge in [0.2, 0.25) is 11.8 Å². The zero-order valence-electron chi connectivity index (χ0n) is 10.9. The fraction of sp³-hybridized carbons (Fsp3) is 0.308. The minimum atomic E-state index is -0.804. The van der Waals surface area contributed by atoms with Crippen LogP contribution in [0.5, 0.6) is 0 Å². The van der Waals surface area contributed by atoms with E-state index in [1.807, 2.05) is 0 Å². The van der Waals surface area contributed by atoms with E-state index in [1.165, 1.54) is 12.1 Å². The van der Waals surface area contributed by atoms with Gasteiger partial charge in [-0.2, -0.15) is 0 Å². The van der Waals surface area contributed by atoms with Crippen LogP contribution in [0.2, 0.25) is 0 Å². The summed E-state index contributed by atoms with van der Waals surface area (Å²) < 4.78 is 12.9. The zero-order chi connectivity index (χ0) is 15.4. The molecule has 2 N–H and O–H groups in total. The number of anilines is 1. The van der Waals surface area contributed by atoms with E-state index >= 15 is 0 Å². The molecule has 1 saturated heterocycles. The smallest absolute Gasteiger partial charge is 0.293 e. The topological polar surface area (TPSA) is 86.7 Å². The molecule has 2 rings (SSSR count).